The molecule has 1 N–H and O–H groups in total. The molecule has 10 heteroatoms. The van der Waals surface area contributed by atoms with Crippen LogP contribution < -0.4 is 14.4 Å². The monoisotopic (exact) mass is 523 g/mol. The Morgan fingerprint density at radius 2 is 1.71 bits per heavy atom. The number of sulfonamides is 1. The number of halogens is 1. The smallest absolute Gasteiger partial charge is 0.242 e. The molecule has 35 heavy (non-hydrogen) atoms. The molecule has 0 aliphatic carbocycles. The van der Waals surface area contributed by atoms with Gasteiger partial charge in [0.2, 0.25) is 21.8 Å². The number of amides is 2. The summed E-state index contributed by atoms with van der Waals surface area (Å²) in [7, 11) is -1.98. The van der Waals surface area contributed by atoms with Gasteiger partial charge in [-0.25, -0.2) is 8.42 Å². The van der Waals surface area contributed by atoms with Crippen molar-refractivity contribution in [3.05, 3.63) is 59.1 Å². The van der Waals surface area contributed by atoms with Gasteiger partial charge in [-0.15, -0.1) is 0 Å². The zero-order valence-corrected chi connectivity index (χ0v) is 22.2. The molecule has 0 fully saturated rings. The number of hydrogen-bond donors (Lipinski definition) is 1. The largest absolute Gasteiger partial charge is 0.497 e. The maximum atomic E-state index is 13.2. The zero-order chi connectivity index (χ0) is 26.0. The Labute approximate surface area is 213 Å². The minimum Gasteiger partial charge on any atom is -0.497 e. The van der Waals surface area contributed by atoms with E-state index in [1.165, 1.54) is 9.21 Å². The number of ether oxygens (including phenoxy) is 1. The first-order valence-electron chi connectivity index (χ1n) is 11.5. The van der Waals surface area contributed by atoms with E-state index in [4.69, 9.17) is 16.3 Å². The highest BCUT2D eigenvalue weighted by atomic mass is 35.5. The van der Waals surface area contributed by atoms with Gasteiger partial charge in [-0.1, -0.05) is 30.7 Å². The molecule has 8 nitrogen and oxygen atoms in total. The van der Waals surface area contributed by atoms with Crippen molar-refractivity contribution in [2.75, 3.05) is 30.8 Å². The number of carbonyl (C=O) groups excluding carboxylic acids is 2. The van der Waals surface area contributed by atoms with E-state index < -0.39 is 16.1 Å². The van der Waals surface area contributed by atoms with E-state index in [0.717, 1.165) is 18.2 Å². The van der Waals surface area contributed by atoms with Crippen LogP contribution in [-0.4, -0.2) is 57.6 Å². The third kappa shape index (κ3) is 8.74. The number of anilines is 1. The van der Waals surface area contributed by atoms with Crippen LogP contribution in [0.15, 0.2) is 48.5 Å². The van der Waals surface area contributed by atoms with Crippen molar-refractivity contribution in [2.45, 2.75) is 45.7 Å². The molecule has 0 saturated heterocycles. The first-order valence-corrected chi connectivity index (χ1v) is 13.7. The molecule has 0 aliphatic heterocycles. The first-order chi connectivity index (χ1) is 16.6. The van der Waals surface area contributed by atoms with Crippen LogP contribution in [0.5, 0.6) is 5.75 Å². The highest BCUT2D eigenvalue weighted by Gasteiger charge is 2.26. The number of benzene rings is 2. The number of methoxy groups -OCH3 is 1. The Kier molecular flexibility index (Phi) is 10.9. The van der Waals surface area contributed by atoms with E-state index in [0.29, 0.717) is 23.0 Å². The van der Waals surface area contributed by atoms with Gasteiger partial charge >= 0.3 is 0 Å². The molecule has 0 saturated carbocycles. The van der Waals surface area contributed by atoms with Gasteiger partial charge in [0.05, 0.1) is 19.1 Å². The standard InChI is InChI=1S/C25H34ClN3O5S/c1-5-16-27-25(31)19(2)28(18-20-8-14-23(34-3)15-9-20)24(30)7-6-17-29(35(4,32)33)22-12-10-21(26)11-13-22/h8-15,19H,5-7,16-18H2,1-4H3,(H,27,31)/t19-/m1/s1. The molecule has 0 bridgehead atoms. The Morgan fingerprint density at radius 1 is 1.09 bits per heavy atom. The van der Waals surface area contributed by atoms with E-state index in [2.05, 4.69) is 5.32 Å². The van der Waals surface area contributed by atoms with Crippen molar-refractivity contribution in [3.8, 4) is 5.75 Å². The Hall–Kier alpha value is -2.78. The topological polar surface area (TPSA) is 96.0 Å². The van der Waals surface area contributed by atoms with Gasteiger partial charge in [-0.3, -0.25) is 13.9 Å². The van der Waals surface area contributed by atoms with Gasteiger partial charge in [-0.2, -0.15) is 0 Å². The quantitative estimate of drug-likeness (QED) is 0.430. The van der Waals surface area contributed by atoms with Crippen molar-refractivity contribution in [2.24, 2.45) is 0 Å². The summed E-state index contributed by atoms with van der Waals surface area (Å²) in [5.74, 6) is 0.237. The maximum absolute atomic E-state index is 13.2. The summed E-state index contributed by atoms with van der Waals surface area (Å²) in [5.41, 5.74) is 1.33. The highest BCUT2D eigenvalue weighted by molar-refractivity contribution is 7.92. The lowest BCUT2D eigenvalue weighted by molar-refractivity contribution is -0.140. The summed E-state index contributed by atoms with van der Waals surface area (Å²) in [6, 6.07) is 13.1. The molecular weight excluding hydrogens is 490 g/mol. The zero-order valence-electron chi connectivity index (χ0n) is 20.7. The summed E-state index contributed by atoms with van der Waals surface area (Å²) in [5, 5.41) is 3.34. The van der Waals surface area contributed by atoms with E-state index >= 15 is 0 Å². The molecule has 0 spiro atoms. The number of carbonyl (C=O) groups is 2. The minimum atomic E-state index is -3.55. The lowest BCUT2D eigenvalue weighted by Gasteiger charge is -2.29. The van der Waals surface area contributed by atoms with Crippen LogP contribution in [0.4, 0.5) is 5.69 Å². The highest BCUT2D eigenvalue weighted by Crippen LogP contribution is 2.22. The van der Waals surface area contributed by atoms with Crippen molar-refractivity contribution < 1.29 is 22.7 Å². The molecule has 1 atom stereocenters. The molecule has 0 unspecified atom stereocenters. The predicted molar refractivity (Wildman–Crippen MR) is 139 cm³/mol. The van der Waals surface area contributed by atoms with Gasteiger partial charge in [0.15, 0.2) is 0 Å². The average Bonchev–Trinajstić information content (AvgIpc) is 2.83. The van der Waals surface area contributed by atoms with Crippen LogP contribution in [0.2, 0.25) is 5.02 Å². The molecule has 192 valence electrons. The fourth-order valence-corrected chi connectivity index (χ4v) is 4.61. The number of nitrogens with zero attached hydrogens (tertiary/aromatic N) is 2. The summed E-state index contributed by atoms with van der Waals surface area (Å²) in [6.45, 7) is 4.55. The van der Waals surface area contributed by atoms with Gasteiger partial charge < -0.3 is 15.0 Å². The van der Waals surface area contributed by atoms with Crippen LogP contribution >= 0.6 is 11.6 Å². The van der Waals surface area contributed by atoms with Crippen molar-refractivity contribution >= 4 is 39.1 Å². The molecule has 2 rings (SSSR count). The van der Waals surface area contributed by atoms with Crippen LogP contribution in [0.3, 0.4) is 0 Å². The van der Waals surface area contributed by atoms with Crippen molar-refractivity contribution in [3.63, 3.8) is 0 Å². The average molecular weight is 524 g/mol. The van der Waals surface area contributed by atoms with E-state index in [1.54, 1.807) is 50.4 Å². The molecule has 2 aromatic rings. The fourth-order valence-electron chi connectivity index (χ4n) is 3.52. The Morgan fingerprint density at radius 3 is 2.26 bits per heavy atom. The second-order valence-corrected chi connectivity index (χ2v) is 10.6. The minimum absolute atomic E-state index is 0.0845. The molecule has 0 aromatic heterocycles. The lowest BCUT2D eigenvalue weighted by atomic mass is 10.1. The normalized spacial score (nSPS) is 12.0. The number of rotatable bonds is 13. The molecule has 0 aliphatic rings. The second kappa shape index (κ2) is 13.3. The molecule has 2 amide bonds. The van der Waals surface area contributed by atoms with E-state index in [9.17, 15) is 18.0 Å². The third-order valence-corrected chi connectivity index (χ3v) is 6.94. The summed E-state index contributed by atoms with van der Waals surface area (Å²) >= 11 is 5.92. The van der Waals surface area contributed by atoms with Crippen molar-refractivity contribution in [1.82, 2.24) is 10.2 Å². The number of hydrogen-bond acceptors (Lipinski definition) is 5. The Balaban J connectivity index is 2.14. The van der Waals surface area contributed by atoms with Crippen LogP contribution in [0, 0.1) is 0 Å². The van der Waals surface area contributed by atoms with Crippen LogP contribution in [0.1, 0.15) is 38.7 Å². The Bertz CT molecular complexity index is 1080. The van der Waals surface area contributed by atoms with E-state index in [-0.39, 0.29) is 37.7 Å². The third-order valence-electron chi connectivity index (χ3n) is 5.50. The first kappa shape index (κ1) is 28.5. The van der Waals surface area contributed by atoms with Gasteiger partial charge in [-0.05, 0) is 61.7 Å². The maximum Gasteiger partial charge on any atom is 0.242 e. The number of nitrogens with one attached hydrogen (secondary N) is 1. The fraction of sp³-hybridized carbons (Fsp3) is 0.440. The van der Waals surface area contributed by atoms with Gasteiger partial charge in [0.1, 0.15) is 11.8 Å². The van der Waals surface area contributed by atoms with E-state index in [1.807, 2.05) is 19.1 Å². The predicted octanol–water partition coefficient (Wildman–Crippen LogP) is 3.84. The summed E-state index contributed by atoms with van der Waals surface area (Å²) in [4.78, 5) is 27.4. The van der Waals surface area contributed by atoms with Crippen LogP contribution in [0.25, 0.3) is 0 Å². The molecule has 0 heterocycles. The molecule has 2 aromatic carbocycles. The molecule has 0 radical (unpaired) electrons. The second-order valence-electron chi connectivity index (χ2n) is 8.25. The van der Waals surface area contributed by atoms with Gasteiger partial charge in [0, 0.05) is 31.1 Å². The lowest BCUT2D eigenvalue weighted by Crippen LogP contribution is -2.47. The van der Waals surface area contributed by atoms with Crippen LogP contribution in [-0.2, 0) is 26.2 Å². The van der Waals surface area contributed by atoms with Gasteiger partial charge in [0.25, 0.3) is 0 Å². The van der Waals surface area contributed by atoms with Crippen molar-refractivity contribution in [1.29, 1.82) is 0 Å². The molecular formula is C25H34ClN3O5S. The summed E-state index contributed by atoms with van der Waals surface area (Å²) < 4.78 is 31.1. The SMILES string of the molecule is CCCNC(=O)[C@@H](C)N(Cc1ccc(OC)cc1)C(=O)CCCN(c1ccc(Cl)cc1)S(C)(=O)=O. The summed E-state index contributed by atoms with van der Waals surface area (Å²) in [6.07, 6.45) is 2.29.